The number of hydrogen-bond acceptors (Lipinski definition) is 15. The minimum atomic E-state index is -1.94. The third-order valence-corrected chi connectivity index (χ3v) is 5.91. The molecule has 0 aliphatic heterocycles. The molecule has 0 amide bonds. The lowest BCUT2D eigenvalue weighted by molar-refractivity contribution is -0.154. The molecule has 0 heterocycles. The second-order valence-corrected chi connectivity index (χ2v) is 9.60. The standard InChI is InChI=1S/C23H28O11.C8H18O5/c1-15(2)20(31)33-18(29)6-9-22(8-5-17(27)28,23(13-25,14-26)11-12-24)10-7-19(30)34-21(32)16(3)4;9-1-3-11-5-7-13-8-6-12-4-2-10/h5-10,24-26H,1,3,11-14H2,2,4H3,(H,27,28);9-10H,1-8H2. The molecule has 0 saturated carbocycles. The summed E-state index contributed by atoms with van der Waals surface area (Å²) < 4.78 is 24.1. The number of aliphatic hydroxyl groups is 5. The van der Waals surface area contributed by atoms with Crippen LogP contribution >= 0.6 is 0 Å². The maximum Gasteiger partial charge on any atom is 0.340 e. The zero-order chi connectivity index (χ0) is 36.3. The fourth-order valence-corrected chi connectivity index (χ4v) is 3.33. The lowest BCUT2D eigenvalue weighted by atomic mass is 9.61. The van der Waals surface area contributed by atoms with Gasteiger partial charge in [-0.05, 0) is 20.3 Å². The number of rotatable bonds is 23. The highest BCUT2D eigenvalue weighted by atomic mass is 16.6. The summed E-state index contributed by atoms with van der Waals surface area (Å²) in [5.41, 5.74) is -3.86. The smallest absolute Gasteiger partial charge is 0.340 e. The van der Waals surface area contributed by atoms with Crippen LogP contribution in [0.1, 0.15) is 20.3 Å². The van der Waals surface area contributed by atoms with Crippen LogP contribution < -0.4 is 0 Å². The van der Waals surface area contributed by atoms with Crippen molar-refractivity contribution in [2.75, 3.05) is 72.7 Å². The number of carboxylic acids is 1. The van der Waals surface area contributed by atoms with Crippen LogP contribution in [0.3, 0.4) is 0 Å². The minimum absolute atomic E-state index is 0.0413. The summed E-state index contributed by atoms with van der Waals surface area (Å²) in [6.45, 7) is 9.69. The molecule has 6 N–H and O–H groups in total. The molecule has 0 aromatic carbocycles. The first-order valence-corrected chi connectivity index (χ1v) is 14.1. The van der Waals surface area contributed by atoms with E-state index in [2.05, 4.69) is 22.6 Å². The molecule has 0 radical (unpaired) electrons. The fourth-order valence-electron chi connectivity index (χ4n) is 3.33. The number of allylic oxidation sites excluding steroid dienone is 3. The van der Waals surface area contributed by atoms with Gasteiger partial charge in [0.25, 0.3) is 0 Å². The van der Waals surface area contributed by atoms with Crippen LogP contribution in [0, 0.1) is 10.8 Å². The molecule has 0 rings (SSSR count). The molecule has 0 atom stereocenters. The number of carbonyl (C=O) groups is 5. The van der Waals surface area contributed by atoms with Gasteiger partial charge in [-0.15, -0.1) is 0 Å². The molecule has 0 aliphatic carbocycles. The highest BCUT2D eigenvalue weighted by Crippen LogP contribution is 2.46. The molecule has 0 aromatic rings. The van der Waals surface area contributed by atoms with Crippen molar-refractivity contribution in [3.63, 3.8) is 0 Å². The minimum Gasteiger partial charge on any atom is -0.478 e. The SMILES string of the molecule is C=C(C)C(=O)OC(=O)C=CC(C=CC(=O)O)(C=CC(=O)OC(=O)C(=C)C)C(CO)(CO)CCO.OCCOCCOCCOCCO. The molecule has 266 valence electrons. The Hall–Kier alpha value is -3.87. The molecule has 0 fully saturated rings. The summed E-state index contributed by atoms with van der Waals surface area (Å²) in [6, 6.07) is 0. The van der Waals surface area contributed by atoms with Crippen molar-refractivity contribution in [2.45, 2.75) is 20.3 Å². The van der Waals surface area contributed by atoms with E-state index in [1.165, 1.54) is 13.8 Å². The van der Waals surface area contributed by atoms with E-state index in [1.54, 1.807) is 0 Å². The summed E-state index contributed by atoms with van der Waals surface area (Å²) in [6.07, 6.45) is 4.56. The van der Waals surface area contributed by atoms with Crippen molar-refractivity contribution in [1.29, 1.82) is 0 Å². The Labute approximate surface area is 272 Å². The molecule has 0 unspecified atom stereocenters. The second kappa shape index (κ2) is 26.2. The Morgan fingerprint density at radius 3 is 1.26 bits per heavy atom. The fraction of sp³-hybridized carbons (Fsp3) is 0.516. The molecule has 0 aliphatic rings. The predicted molar refractivity (Wildman–Crippen MR) is 164 cm³/mol. The number of carbonyl (C=O) groups excluding carboxylic acids is 4. The van der Waals surface area contributed by atoms with Crippen LogP contribution in [0.25, 0.3) is 0 Å². The molecule has 0 saturated heterocycles. The number of esters is 4. The molecule has 0 aromatic heterocycles. The molecule has 16 nitrogen and oxygen atoms in total. The normalized spacial score (nSPS) is 12.7. The van der Waals surface area contributed by atoms with Crippen molar-refractivity contribution in [2.24, 2.45) is 10.8 Å². The third-order valence-electron chi connectivity index (χ3n) is 5.91. The molecule has 0 spiro atoms. The molecule has 0 bridgehead atoms. The van der Waals surface area contributed by atoms with Gasteiger partial charge in [-0.25, -0.2) is 24.0 Å². The van der Waals surface area contributed by atoms with E-state index in [0.717, 1.165) is 18.2 Å². The van der Waals surface area contributed by atoms with E-state index in [1.807, 2.05) is 0 Å². The van der Waals surface area contributed by atoms with E-state index in [0.29, 0.717) is 57.9 Å². The van der Waals surface area contributed by atoms with Gasteiger partial charge in [0, 0.05) is 46.8 Å². The number of ether oxygens (including phenoxy) is 5. The highest BCUT2D eigenvalue weighted by Gasteiger charge is 2.46. The molecule has 47 heavy (non-hydrogen) atoms. The van der Waals surface area contributed by atoms with Gasteiger partial charge in [0.2, 0.25) is 0 Å². The van der Waals surface area contributed by atoms with Crippen LogP contribution in [0.2, 0.25) is 0 Å². The Morgan fingerprint density at radius 2 is 0.957 bits per heavy atom. The van der Waals surface area contributed by atoms with E-state index < -0.39 is 60.5 Å². The first kappa shape index (κ1) is 45.3. The molecular formula is C31H46O16. The largest absolute Gasteiger partial charge is 0.478 e. The van der Waals surface area contributed by atoms with Crippen molar-refractivity contribution in [1.82, 2.24) is 0 Å². The summed E-state index contributed by atoms with van der Waals surface area (Å²) >= 11 is 0. The van der Waals surface area contributed by atoms with E-state index in [-0.39, 0.29) is 30.8 Å². The second-order valence-electron chi connectivity index (χ2n) is 9.60. The summed E-state index contributed by atoms with van der Waals surface area (Å²) in [4.78, 5) is 58.6. The zero-order valence-corrected chi connectivity index (χ0v) is 26.6. The maximum atomic E-state index is 12.1. The first-order valence-electron chi connectivity index (χ1n) is 14.1. The van der Waals surface area contributed by atoms with Gasteiger partial charge in [0.15, 0.2) is 0 Å². The van der Waals surface area contributed by atoms with Crippen molar-refractivity contribution in [3.05, 3.63) is 60.8 Å². The molecular weight excluding hydrogens is 628 g/mol. The topological polar surface area (TPSA) is 253 Å². The maximum absolute atomic E-state index is 12.1. The van der Waals surface area contributed by atoms with Crippen molar-refractivity contribution in [3.8, 4) is 0 Å². The van der Waals surface area contributed by atoms with Gasteiger partial charge in [-0.2, -0.15) is 0 Å². The van der Waals surface area contributed by atoms with E-state index in [9.17, 15) is 39.3 Å². The monoisotopic (exact) mass is 674 g/mol. The average Bonchev–Trinajstić information content (AvgIpc) is 3.02. The van der Waals surface area contributed by atoms with Crippen LogP contribution in [-0.2, 0) is 47.7 Å². The summed E-state index contributed by atoms with van der Waals surface area (Å²) in [7, 11) is 0. The Bertz CT molecular complexity index is 1040. The number of carboxylic acid groups (broad SMARTS) is 1. The van der Waals surface area contributed by atoms with Crippen LogP contribution in [0.5, 0.6) is 0 Å². The van der Waals surface area contributed by atoms with E-state index >= 15 is 0 Å². The highest BCUT2D eigenvalue weighted by molar-refractivity contribution is 5.99. The Balaban J connectivity index is 0. The summed E-state index contributed by atoms with van der Waals surface area (Å²) in [5, 5.41) is 55.5. The quantitative estimate of drug-likeness (QED) is 0.0342. The zero-order valence-electron chi connectivity index (χ0n) is 26.6. The van der Waals surface area contributed by atoms with Gasteiger partial charge >= 0.3 is 29.8 Å². The Morgan fingerprint density at radius 1 is 0.596 bits per heavy atom. The lowest BCUT2D eigenvalue weighted by Gasteiger charge is -2.43. The van der Waals surface area contributed by atoms with E-state index in [4.69, 9.17) is 29.5 Å². The third kappa shape index (κ3) is 19.4. The first-order chi connectivity index (χ1) is 22.2. The lowest BCUT2D eigenvalue weighted by Crippen LogP contribution is -2.45. The van der Waals surface area contributed by atoms with Gasteiger partial charge < -0.3 is 54.3 Å². The number of aliphatic carboxylic acids is 1. The van der Waals surface area contributed by atoms with Crippen molar-refractivity contribution >= 4 is 29.8 Å². The predicted octanol–water partition coefficient (Wildman–Crippen LogP) is -0.608. The van der Waals surface area contributed by atoms with Gasteiger partial charge in [-0.1, -0.05) is 31.4 Å². The number of aliphatic hydroxyl groups excluding tert-OH is 5. The Kier molecular flexibility index (Phi) is 25.3. The average molecular weight is 675 g/mol. The van der Waals surface area contributed by atoms with Gasteiger partial charge in [-0.3, -0.25) is 0 Å². The number of hydrogen-bond donors (Lipinski definition) is 6. The van der Waals surface area contributed by atoms with Gasteiger partial charge in [0.05, 0.1) is 66.1 Å². The van der Waals surface area contributed by atoms with Crippen molar-refractivity contribution < 1.29 is 78.3 Å². The summed E-state index contributed by atoms with van der Waals surface area (Å²) in [5.74, 6) is -5.94. The van der Waals surface area contributed by atoms with Crippen LogP contribution in [-0.4, -0.2) is 133 Å². The van der Waals surface area contributed by atoms with Gasteiger partial charge in [0.1, 0.15) is 0 Å². The van der Waals surface area contributed by atoms with Crippen LogP contribution in [0.15, 0.2) is 60.8 Å². The molecule has 16 heteroatoms. The van der Waals surface area contributed by atoms with Crippen LogP contribution in [0.4, 0.5) is 0 Å².